The summed E-state index contributed by atoms with van der Waals surface area (Å²) in [4.78, 5) is 28.1. The van der Waals surface area contributed by atoms with E-state index in [4.69, 9.17) is 4.52 Å². The van der Waals surface area contributed by atoms with Gasteiger partial charge in [-0.3, -0.25) is 14.2 Å². The third-order valence-electron chi connectivity index (χ3n) is 3.75. The molecular formula is C17H18N4O3. The lowest BCUT2D eigenvalue weighted by atomic mass is 10.1. The summed E-state index contributed by atoms with van der Waals surface area (Å²) >= 11 is 0. The number of aryl methyl sites for hydroxylation is 1. The summed E-state index contributed by atoms with van der Waals surface area (Å²) < 4.78 is 6.65. The van der Waals surface area contributed by atoms with Crippen molar-refractivity contribution in [2.45, 2.75) is 26.3 Å². The van der Waals surface area contributed by atoms with Gasteiger partial charge in [0.05, 0.1) is 12.7 Å². The van der Waals surface area contributed by atoms with Crippen molar-refractivity contribution >= 4 is 16.9 Å². The molecule has 0 bridgehead atoms. The smallest absolute Gasteiger partial charge is 0.253 e. The largest absolute Gasteiger partial charge is 0.356 e. The normalized spacial score (nSPS) is 10.9. The first-order valence-corrected chi connectivity index (χ1v) is 7.82. The molecular weight excluding hydrogens is 308 g/mol. The number of nitrogens with one attached hydrogen (secondary N) is 1. The third-order valence-corrected chi connectivity index (χ3v) is 3.75. The Labute approximate surface area is 138 Å². The Morgan fingerprint density at radius 1 is 1.33 bits per heavy atom. The maximum absolute atomic E-state index is 12.0. The van der Waals surface area contributed by atoms with E-state index >= 15 is 0 Å². The number of rotatable bonds is 6. The average Bonchev–Trinajstić information content (AvgIpc) is 2.99. The Morgan fingerprint density at radius 2 is 2.17 bits per heavy atom. The lowest BCUT2D eigenvalue weighted by Crippen LogP contribution is -2.31. The van der Waals surface area contributed by atoms with Crippen LogP contribution >= 0.6 is 0 Å². The first kappa shape index (κ1) is 15.9. The van der Waals surface area contributed by atoms with Crippen LogP contribution in [0.4, 0.5) is 0 Å². The standard InChI is InChI=1S/C17H18N4O3/c1-2-12-9-17(23)21(11-19-12)8-7-18-16(22)10-14-13-5-3-4-6-15(13)24-20-14/h3-6,9,11H,2,7-8,10H2,1H3,(H,18,22). The maximum Gasteiger partial charge on any atom is 0.253 e. The van der Waals surface area contributed by atoms with E-state index in [2.05, 4.69) is 15.5 Å². The molecule has 0 aliphatic carbocycles. The van der Waals surface area contributed by atoms with Gasteiger partial charge in [0.1, 0.15) is 5.69 Å². The maximum atomic E-state index is 12.0. The van der Waals surface area contributed by atoms with Gasteiger partial charge in [0.25, 0.3) is 5.56 Å². The van der Waals surface area contributed by atoms with Crippen LogP contribution in [0, 0.1) is 0 Å². The van der Waals surface area contributed by atoms with Crippen LogP contribution < -0.4 is 10.9 Å². The van der Waals surface area contributed by atoms with Crippen molar-refractivity contribution in [1.29, 1.82) is 0 Å². The fourth-order valence-electron chi connectivity index (χ4n) is 2.42. The summed E-state index contributed by atoms with van der Waals surface area (Å²) in [5, 5.41) is 7.55. The molecule has 124 valence electrons. The van der Waals surface area contributed by atoms with Crippen molar-refractivity contribution in [3.63, 3.8) is 0 Å². The zero-order chi connectivity index (χ0) is 16.9. The van der Waals surface area contributed by atoms with E-state index in [9.17, 15) is 9.59 Å². The summed E-state index contributed by atoms with van der Waals surface area (Å²) in [6.07, 6.45) is 2.37. The number of carbonyl (C=O) groups is 1. The van der Waals surface area contributed by atoms with Crippen LogP contribution in [0.2, 0.25) is 0 Å². The number of hydrogen-bond acceptors (Lipinski definition) is 5. The van der Waals surface area contributed by atoms with Gasteiger partial charge < -0.3 is 9.84 Å². The van der Waals surface area contributed by atoms with Crippen LogP contribution in [-0.4, -0.2) is 27.2 Å². The molecule has 24 heavy (non-hydrogen) atoms. The van der Waals surface area contributed by atoms with Crippen LogP contribution in [-0.2, 0) is 24.2 Å². The quantitative estimate of drug-likeness (QED) is 0.737. The van der Waals surface area contributed by atoms with E-state index in [1.807, 2.05) is 31.2 Å². The van der Waals surface area contributed by atoms with Crippen LogP contribution in [0.5, 0.6) is 0 Å². The lowest BCUT2D eigenvalue weighted by molar-refractivity contribution is -0.120. The molecule has 0 atom stereocenters. The molecule has 1 amide bonds. The van der Waals surface area contributed by atoms with Crippen LogP contribution in [0.1, 0.15) is 18.3 Å². The number of amides is 1. The highest BCUT2D eigenvalue weighted by Gasteiger charge is 2.11. The Morgan fingerprint density at radius 3 is 2.96 bits per heavy atom. The second-order valence-corrected chi connectivity index (χ2v) is 5.42. The number of hydrogen-bond donors (Lipinski definition) is 1. The van der Waals surface area contributed by atoms with Crippen molar-refractivity contribution in [2.24, 2.45) is 0 Å². The van der Waals surface area contributed by atoms with E-state index in [1.54, 1.807) is 0 Å². The fourth-order valence-corrected chi connectivity index (χ4v) is 2.42. The zero-order valence-corrected chi connectivity index (χ0v) is 13.4. The second-order valence-electron chi connectivity index (χ2n) is 5.42. The minimum atomic E-state index is -0.166. The van der Waals surface area contributed by atoms with Gasteiger partial charge in [0, 0.05) is 30.2 Å². The van der Waals surface area contributed by atoms with E-state index in [1.165, 1.54) is 17.0 Å². The lowest BCUT2D eigenvalue weighted by Gasteiger charge is -2.07. The molecule has 0 aliphatic rings. The summed E-state index contributed by atoms with van der Waals surface area (Å²) in [6, 6.07) is 8.93. The molecule has 0 fully saturated rings. The number of para-hydroxylation sites is 1. The molecule has 3 aromatic rings. The zero-order valence-electron chi connectivity index (χ0n) is 13.4. The van der Waals surface area contributed by atoms with E-state index in [0.29, 0.717) is 24.4 Å². The predicted octanol–water partition coefficient (Wildman–Crippen LogP) is 1.31. The minimum absolute atomic E-state index is 0.112. The van der Waals surface area contributed by atoms with Gasteiger partial charge in [-0.15, -0.1) is 0 Å². The highest BCUT2D eigenvalue weighted by Crippen LogP contribution is 2.17. The highest BCUT2D eigenvalue weighted by atomic mass is 16.5. The van der Waals surface area contributed by atoms with Crippen molar-refractivity contribution in [3.8, 4) is 0 Å². The first-order valence-electron chi connectivity index (χ1n) is 7.82. The molecule has 1 N–H and O–H groups in total. The molecule has 7 nitrogen and oxygen atoms in total. The molecule has 0 aliphatic heterocycles. The average molecular weight is 326 g/mol. The van der Waals surface area contributed by atoms with Crippen LogP contribution in [0.3, 0.4) is 0 Å². The van der Waals surface area contributed by atoms with Crippen LogP contribution in [0.25, 0.3) is 11.0 Å². The van der Waals surface area contributed by atoms with Crippen molar-refractivity contribution in [2.75, 3.05) is 6.54 Å². The number of benzene rings is 1. The number of aromatic nitrogens is 3. The molecule has 0 radical (unpaired) electrons. The van der Waals surface area contributed by atoms with E-state index in [-0.39, 0.29) is 17.9 Å². The molecule has 0 unspecified atom stereocenters. The van der Waals surface area contributed by atoms with Gasteiger partial charge >= 0.3 is 0 Å². The topological polar surface area (TPSA) is 90.0 Å². The molecule has 1 aromatic carbocycles. The number of fused-ring (bicyclic) bond motifs is 1. The minimum Gasteiger partial charge on any atom is -0.356 e. The first-order chi connectivity index (χ1) is 11.7. The Bertz CT molecular complexity index is 913. The summed E-state index contributed by atoms with van der Waals surface area (Å²) in [7, 11) is 0. The van der Waals surface area contributed by atoms with E-state index in [0.717, 1.165) is 17.5 Å². The SMILES string of the molecule is CCc1cc(=O)n(CCNC(=O)Cc2noc3ccccc23)cn1. The second kappa shape index (κ2) is 7.08. The highest BCUT2D eigenvalue weighted by molar-refractivity contribution is 5.86. The third kappa shape index (κ3) is 3.51. The molecule has 0 spiro atoms. The van der Waals surface area contributed by atoms with Crippen molar-refractivity contribution in [1.82, 2.24) is 20.0 Å². The van der Waals surface area contributed by atoms with E-state index < -0.39 is 0 Å². The molecule has 3 rings (SSSR count). The van der Waals surface area contributed by atoms with Gasteiger partial charge in [-0.25, -0.2) is 4.98 Å². The van der Waals surface area contributed by atoms with Gasteiger partial charge in [-0.05, 0) is 18.6 Å². The van der Waals surface area contributed by atoms with Gasteiger partial charge in [-0.2, -0.15) is 0 Å². The molecule has 7 heteroatoms. The predicted molar refractivity (Wildman–Crippen MR) is 88.6 cm³/mol. The Kier molecular flexibility index (Phi) is 4.69. The van der Waals surface area contributed by atoms with Gasteiger partial charge in [0.2, 0.25) is 5.91 Å². The van der Waals surface area contributed by atoms with Gasteiger partial charge in [0.15, 0.2) is 5.58 Å². The molecule has 2 aromatic heterocycles. The van der Waals surface area contributed by atoms with Crippen molar-refractivity contribution < 1.29 is 9.32 Å². The Balaban J connectivity index is 1.55. The summed E-state index contributed by atoms with van der Waals surface area (Å²) in [5.41, 5.74) is 1.92. The fraction of sp³-hybridized carbons (Fsp3) is 0.294. The summed E-state index contributed by atoms with van der Waals surface area (Å²) in [5.74, 6) is -0.166. The monoisotopic (exact) mass is 326 g/mol. The number of carbonyl (C=O) groups excluding carboxylic acids is 1. The van der Waals surface area contributed by atoms with Crippen molar-refractivity contribution in [3.05, 3.63) is 58.4 Å². The molecule has 0 saturated carbocycles. The number of nitrogens with zero attached hydrogens (tertiary/aromatic N) is 3. The molecule has 0 saturated heterocycles. The van der Waals surface area contributed by atoms with Crippen LogP contribution in [0.15, 0.2) is 46.0 Å². The Hall–Kier alpha value is -2.96. The molecule has 2 heterocycles. The summed E-state index contributed by atoms with van der Waals surface area (Å²) in [6.45, 7) is 2.67. The van der Waals surface area contributed by atoms with Gasteiger partial charge in [-0.1, -0.05) is 24.2 Å².